The van der Waals surface area contributed by atoms with E-state index in [0.717, 1.165) is 37.1 Å². The van der Waals surface area contributed by atoms with E-state index in [-0.39, 0.29) is 29.9 Å². The Kier molecular flexibility index (Phi) is 9.83. The lowest BCUT2D eigenvalue weighted by molar-refractivity contribution is -0.150. The molecule has 4 heterocycles. The van der Waals surface area contributed by atoms with E-state index in [0.29, 0.717) is 60.4 Å². The number of nitrogens with two attached hydrogens (primary N) is 2. The van der Waals surface area contributed by atoms with Crippen molar-refractivity contribution in [2.24, 2.45) is 10.9 Å². The largest absolute Gasteiger partial charge is 0.473 e. The highest BCUT2D eigenvalue weighted by atomic mass is 32.1. The summed E-state index contributed by atoms with van der Waals surface area (Å²) in [5.74, 6) is 0.0566. The number of ether oxygens (including phenoxy) is 2. The van der Waals surface area contributed by atoms with Crippen molar-refractivity contribution in [3.05, 3.63) is 27.9 Å². The molecule has 4 N–H and O–H groups in total. The second-order valence-electron chi connectivity index (χ2n) is 13.6. The fourth-order valence-electron chi connectivity index (χ4n) is 6.52. The third-order valence-electron chi connectivity index (χ3n) is 9.03. The Morgan fingerprint density at radius 2 is 1.91 bits per heavy atom. The zero-order chi connectivity index (χ0) is 34.1. The number of hydrogen-bond donors (Lipinski definition) is 2. The van der Waals surface area contributed by atoms with Crippen molar-refractivity contribution < 1.29 is 23.9 Å². The minimum Gasteiger partial charge on any atom is -0.473 e. The van der Waals surface area contributed by atoms with E-state index in [9.17, 15) is 14.9 Å². The number of likely N-dealkylation sites (tertiary alicyclic amines) is 1. The molecule has 47 heavy (non-hydrogen) atoms. The van der Waals surface area contributed by atoms with Crippen molar-refractivity contribution in [1.29, 1.82) is 5.26 Å². The highest BCUT2D eigenvalue weighted by Crippen LogP contribution is 2.46. The molecule has 3 aliphatic rings. The fraction of sp³-hybridized carbons (Fsp3) is 0.625. The number of nitrogens with zero attached hydrogens (tertiary/aromatic N) is 7. The van der Waals surface area contributed by atoms with E-state index in [1.54, 1.807) is 17.9 Å². The van der Waals surface area contributed by atoms with Crippen LogP contribution in [-0.4, -0.2) is 95.2 Å². The van der Waals surface area contributed by atoms with Crippen LogP contribution in [0.4, 0.5) is 15.6 Å². The summed E-state index contributed by atoms with van der Waals surface area (Å²) in [5.41, 5.74) is 11.7. The number of carbonyl (C=O) groups is 2. The lowest BCUT2D eigenvalue weighted by Crippen LogP contribution is -2.50. The molecule has 1 aliphatic carbocycles. The Labute approximate surface area is 279 Å². The normalized spacial score (nSPS) is 22.7. The van der Waals surface area contributed by atoms with Crippen LogP contribution in [0.3, 0.4) is 0 Å². The Balaban J connectivity index is 1.38. The number of aryl methyl sites for hydroxylation is 1. The molecule has 1 unspecified atom stereocenters. The number of piperazine rings is 1. The van der Waals surface area contributed by atoms with Crippen LogP contribution in [0.25, 0.3) is 0 Å². The Hall–Kier alpha value is -4.16. The van der Waals surface area contributed by atoms with Crippen LogP contribution in [0.1, 0.15) is 82.1 Å². The Morgan fingerprint density at radius 1 is 1.19 bits per heavy atom. The van der Waals surface area contributed by atoms with Crippen LogP contribution in [0.5, 0.6) is 5.88 Å². The molecule has 1 amide bonds. The lowest BCUT2D eigenvalue weighted by Gasteiger charge is -2.36. The zero-order valence-corrected chi connectivity index (χ0v) is 28.9. The van der Waals surface area contributed by atoms with Gasteiger partial charge >= 0.3 is 12.1 Å². The summed E-state index contributed by atoms with van der Waals surface area (Å²) in [4.78, 5) is 47.7. The summed E-state index contributed by atoms with van der Waals surface area (Å²) in [6, 6.07) is 4.14. The van der Waals surface area contributed by atoms with E-state index in [4.69, 9.17) is 25.8 Å². The van der Waals surface area contributed by atoms with E-state index < -0.39 is 17.0 Å². The van der Waals surface area contributed by atoms with E-state index in [1.807, 2.05) is 32.6 Å². The maximum atomic E-state index is 13.5. The number of nitrogen functional groups attached to an aromatic ring is 1. The van der Waals surface area contributed by atoms with Crippen LogP contribution in [0, 0.1) is 11.3 Å². The van der Waals surface area contributed by atoms with Crippen molar-refractivity contribution in [3.63, 3.8) is 0 Å². The molecule has 2 saturated heterocycles. The number of hydrogen-bond acceptors (Lipinski definition) is 13. The van der Waals surface area contributed by atoms with Gasteiger partial charge in [0.15, 0.2) is 0 Å². The number of oxime groups is 1. The topological polar surface area (TPSA) is 186 Å². The number of rotatable bonds is 7. The first-order chi connectivity index (χ1) is 22.2. The molecular weight excluding hydrogens is 622 g/mol. The van der Waals surface area contributed by atoms with Gasteiger partial charge < -0.3 is 35.6 Å². The highest BCUT2D eigenvalue weighted by molar-refractivity contribution is 7.16. The molecule has 0 bridgehead atoms. The summed E-state index contributed by atoms with van der Waals surface area (Å²) < 4.78 is 11.9. The summed E-state index contributed by atoms with van der Waals surface area (Å²) in [6.45, 7) is 12.1. The number of amidine groups is 1. The SMILES string of the molecule is C[C@H](Oc1cc(N2CCN(C(=O)OC(C)(C)C)CC2)nc(/C(N)=N/OC(=O)C2(C)CCCc3sc(N)c(C#N)c32)n1)[C@@H]1CCCN1C. The van der Waals surface area contributed by atoms with Crippen molar-refractivity contribution in [2.45, 2.75) is 89.9 Å². The minimum atomic E-state index is -1.11. The average Bonchev–Trinajstić information content (AvgIpc) is 3.61. The molecule has 5 rings (SSSR count). The maximum absolute atomic E-state index is 13.5. The number of fused-ring (bicyclic) bond motifs is 1. The number of aromatic nitrogens is 2. The summed E-state index contributed by atoms with van der Waals surface area (Å²) in [6.07, 6.45) is 3.55. The maximum Gasteiger partial charge on any atom is 0.410 e. The third-order valence-corrected chi connectivity index (χ3v) is 10.1. The van der Waals surface area contributed by atoms with Crippen molar-refractivity contribution in [3.8, 4) is 11.9 Å². The molecular formula is C32H45N9O5S. The predicted octanol–water partition coefficient (Wildman–Crippen LogP) is 3.37. The summed E-state index contributed by atoms with van der Waals surface area (Å²) in [7, 11) is 2.08. The molecule has 2 aliphatic heterocycles. The number of thiophene rings is 1. The van der Waals surface area contributed by atoms with Gasteiger partial charge in [0.05, 0.1) is 11.0 Å². The van der Waals surface area contributed by atoms with Gasteiger partial charge in [0.1, 0.15) is 28.6 Å². The van der Waals surface area contributed by atoms with Gasteiger partial charge in [0.25, 0.3) is 0 Å². The monoisotopic (exact) mass is 667 g/mol. The smallest absolute Gasteiger partial charge is 0.410 e. The van der Waals surface area contributed by atoms with E-state index in [2.05, 4.69) is 33.1 Å². The number of carbonyl (C=O) groups excluding carboxylic acids is 2. The zero-order valence-electron chi connectivity index (χ0n) is 28.0. The highest BCUT2D eigenvalue weighted by Gasteiger charge is 2.45. The first kappa shape index (κ1) is 34.2. The number of amides is 1. The second-order valence-corrected chi connectivity index (χ2v) is 14.8. The van der Waals surface area contributed by atoms with Crippen molar-refractivity contribution in [2.75, 3.05) is 50.4 Å². The van der Waals surface area contributed by atoms with Crippen molar-refractivity contribution in [1.82, 2.24) is 19.8 Å². The van der Waals surface area contributed by atoms with Crippen LogP contribution in [0.15, 0.2) is 11.2 Å². The molecule has 2 aromatic rings. The molecule has 254 valence electrons. The molecule has 3 atom stereocenters. The van der Waals surface area contributed by atoms with Crippen LogP contribution in [-0.2, 0) is 26.2 Å². The molecule has 2 fully saturated rings. The quantitative estimate of drug-likeness (QED) is 0.190. The van der Waals surface area contributed by atoms with Crippen molar-refractivity contribution >= 4 is 40.1 Å². The molecule has 0 aromatic carbocycles. The van der Waals surface area contributed by atoms with Gasteiger partial charge in [-0.05, 0) is 80.3 Å². The number of nitriles is 1. The first-order valence-corrected chi connectivity index (χ1v) is 16.9. The molecule has 15 heteroatoms. The molecule has 0 spiro atoms. The fourth-order valence-corrected chi connectivity index (χ4v) is 7.72. The van der Waals surface area contributed by atoms with Gasteiger partial charge in [-0.25, -0.2) is 14.6 Å². The molecule has 14 nitrogen and oxygen atoms in total. The van der Waals surface area contributed by atoms with Crippen LogP contribution in [0.2, 0.25) is 0 Å². The number of anilines is 2. The van der Waals surface area contributed by atoms with E-state index in [1.165, 1.54) is 11.3 Å². The van der Waals surface area contributed by atoms with E-state index >= 15 is 0 Å². The van der Waals surface area contributed by atoms with Gasteiger partial charge in [-0.15, -0.1) is 11.3 Å². The first-order valence-electron chi connectivity index (χ1n) is 16.1. The standard InChI is InChI=1S/C32H45N9O5S/c1-19(21-9-8-12-39(21)6)44-24-17-23(40-13-15-41(16-14-40)30(43)45-31(2,3)4)36-28(37-24)26(34)38-46-29(42)32(5)11-7-10-22-25(32)20(18-33)27(35)47-22/h17,19,21H,7-16,35H2,1-6H3,(H2,34,38)/t19-,21-,32?/m0/s1. The summed E-state index contributed by atoms with van der Waals surface area (Å²) >= 11 is 1.33. The Bertz CT molecular complexity index is 1570. The van der Waals surface area contributed by atoms with Gasteiger partial charge in [-0.1, -0.05) is 5.16 Å². The second kappa shape index (κ2) is 13.5. The van der Waals surface area contributed by atoms with Gasteiger partial charge in [-0.2, -0.15) is 10.2 Å². The average molecular weight is 668 g/mol. The molecule has 0 radical (unpaired) electrons. The molecule has 0 saturated carbocycles. The minimum absolute atomic E-state index is 0.0406. The molecule has 2 aromatic heterocycles. The number of likely N-dealkylation sites (N-methyl/N-ethyl adjacent to an activating group) is 1. The Morgan fingerprint density at radius 3 is 2.55 bits per heavy atom. The lowest BCUT2D eigenvalue weighted by atomic mass is 9.72. The van der Waals surface area contributed by atoms with Gasteiger partial charge in [0, 0.05) is 48.7 Å². The van der Waals surface area contributed by atoms with Crippen LogP contribution >= 0.6 is 11.3 Å². The van der Waals surface area contributed by atoms with Crippen LogP contribution < -0.4 is 21.1 Å². The van der Waals surface area contributed by atoms with Gasteiger partial charge in [-0.3, -0.25) is 4.90 Å². The summed E-state index contributed by atoms with van der Waals surface area (Å²) in [5, 5.41) is 14.1. The third kappa shape index (κ3) is 7.38. The predicted molar refractivity (Wildman–Crippen MR) is 178 cm³/mol. The van der Waals surface area contributed by atoms with Gasteiger partial charge in [0.2, 0.25) is 17.5 Å².